The van der Waals surface area contributed by atoms with Gasteiger partial charge < -0.3 is 10.5 Å². The molecular formula is C15H24FNO. The molecule has 1 aromatic carbocycles. The van der Waals surface area contributed by atoms with Gasteiger partial charge in [0.2, 0.25) is 0 Å². The van der Waals surface area contributed by atoms with Gasteiger partial charge in [0.1, 0.15) is 11.6 Å². The van der Waals surface area contributed by atoms with Crippen molar-refractivity contribution >= 4 is 0 Å². The predicted molar refractivity (Wildman–Crippen MR) is 73.2 cm³/mol. The molecule has 102 valence electrons. The number of rotatable bonds is 5. The SMILES string of the molecule is COc1ccc(C(N)CCCC(C)(C)C)c(F)c1. The quantitative estimate of drug-likeness (QED) is 0.859. The van der Waals surface area contributed by atoms with Gasteiger partial charge in [0.15, 0.2) is 0 Å². The third-order valence-corrected chi connectivity index (χ3v) is 3.05. The number of nitrogens with two attached hydrogens (primary N) is 1. The molecule has 1 rings (SSSR count). The Bertz CT molecular complexity index is 385. The first-order valence-electron chi connectivity index (χ1n) is 6.42. The fraction of sp³-hybridized carbons (Fsp3) is 0.600. The van der Waals surface area contributed by atoms with E-state index in [1.807, 2.05) is 0 Å². The highest BCUT2D eigenvalue weighted by Crippen LogP contribution is 2.27. The van der Waals surface area contributed by atoms with Crippen molar-refractivity contribution in [3.8, 4) is 5.75 Å². The van der Waals surface area contributed by atoms with Crippen LogP contribution in [0.3, 0.4) is 0 Å². The molecule has 0 amide bonds. The van der Waals surface area contributed by atoms with Crippen molar-refractivity contribution in [2.45, 2.75) is 46.1 Å². The van der Waals surface area contributed by atoms with E-state index in [9.17, 15) is 4.39 Å². The lowest BCUT2D eigenvalue weighted by Gasteiger charge is -2.19. The second-order valence-corrected chi connectivity index (χ2v) is 5.95. The molecule has 0 saturated heterocycles. The molecule has 1 aromatic rings. The average molecular weight is 253 g/mol. The smallest absolute Gasteiger partial charge is 0.131 e. The maximum Gasteiger partial charge on any atom is 0.131 e. The first kappa shape index (κ1) is 15.0. The molecular weight excluding hydrogens is 229 g/mol. The normalized spacial score (nSPS) is 13.4. The summed E-state index contributed by atoms with van der Waals surface area (Å²) in [7, 11) is 1.53. The van der Waals surface area contributed by atoms with Crippen LogP contribution in [0.2, 0.25) is 0 Å². The topological polar surface area (TPSA) is 35.2 Å². The highest BCUT2D eigenvalue weighted by atomic mass is 19.1. The Hall–Kier alpha value is -1.09. The van der Waals surface area contributed by atoms with Gasteiger partial charge in [0.05, 0.1) is 7.11 Å². The van der Waals surface area contributed by atoms with E-state index in [1.54, 1.807) is 12.1 Å². The summed E-state index contributed by atoms with van der Waals surface area (Å²) in [6.07, 6.45) is 2.91. The van der Waals surface area contributed by atoms with Crippen LogP contribution in [0.1, 0.15) is 51.6 Å². The number of hydrogen-bond acceptors (Lipinski definition) is 2. The van der Waals surface area contributed by atoms with Crippen LogP contribution in [0, 0.1) is 11.2 Å². The Morgan fingerprint density at radius 1 is 1.33 bits per heavy atom. The monoisotopic (exact) mass is 253 g/mol. The van der Waals surface area contributed by atoms with E-state index < -0.39 is 0 Å². The Morgan fingerprint density at radius 3 is 2.50 bits per heavy atom. The van der Waals surface area contributed by atoms with Crippen LogP contribution < -0.4 is 10.5 Å². The number of benzene rings is 1. The van der Waals surface area contributed by atoms with Crippen molar-refractivity contribution < 1.29 is 9.13 Å². The minimum absolute atomic E-state index is 0.238. The second kappa shape index (κ2) is 6.19. The van der Waals surface area contributed by atoms with Crippen LogP contribution in [-0.4, -0.2) is 7.11 Å². The van der Waals surface area contributed by atoms with E-state index >= 15 is 0 Å². The van der Waals surface area contributed by atoms with Gasteiger partial charge in [-0.25, -0.2) is 4.39 Å². The van der Waals surface area contributed by atoms with E-state index in [4.69, 9.17) is 10.5 Å². The third-order valence-electron chi connectivity index (χ3n) is 3.05. The van der Waals surface area contributed by atoms with Gasteiger partial charge in [0.25, 0.3) is 0 Å². The molecule has 0 aliphatic heterocycles. The first-order valence-corrected chi connectivity index (χ1v) is 6.42. The number of halogens is 1. The van der Waals surface area contributed by atoms with Crippen LogP contribution in [0.15, 0.2) is 18.2 Å². The Morgan fingerprint density at radius 2 is 2.00 bits per heavy atom. The molecule has 2 N–H and O–H groups in total. The summed E-state index contributed by atoms with van der Waals surface area (Å²) in [4.78, 5) is 0. The number of hydrogen-bond donors (Lipinski definition) is 1. The highest BCUT2D eigenvalue weighted by Gasteiger charge is 2.15. The van der Waals surface area contributed by atoms with Crippen molar-refractivity contribution in [1.29, 1.82) is 0 Å². The number of ether oxygens (including phenoxy) is 1. The van der Waals surface area contributed by atoms with E-state index in [0.717, 1.165) is 19.3 Å². The van der Waals surface area contributed by atoms with Crippen molar-refractivity contribution in [2.24, 2.45) is 11.1 Å². The van der Waals surface area contributed by atoms with Crippen LogP contribution in [0.4, 0.5) is 4.39 Å². The lowest BCUT2D eigenvalue weighted by atomic mass is 9.88. The second-order valence-electron chi connectivity index (χ2n) is 5.95. The fourth-order valence-electron chi connectivity index (χ4n) is 1.94. The molecule has 1 unspecified atom stereocenters. The molecule has 0 bridgehead atoms. The molecule has 0 aliphatic carbocycles. The van der Waals surface area contributed by atoms with Crippen LogP contribution >= 0.6 is 0 Å². The van der Waals surface area contributed by atoms with Gasteiger partial charge in [-0.05, 0) is 24.3 Å². The zero-order chi connectivity index (χ0) is 13.8. The van der Waals surface area contributed by atoms with Crippen LogP contribution in [0.25, 0.3) is 0 Å². The van der Waals surface area contributed by atoms with Gasteiger partial charge in [-0.15, -0.1) is 0 Å². The van der Waals surface area contributed by atoms with Crippen molar-refractivity contribution in [1.82, 2.24) is 0 Å². The lowest BCUT2D eigenvalue weighted by Crippen LogP contribution is -2.13. The van der Waals surface area contributed by atoms with Gasteiger partial charge in [-0.2, -0.15) is 0 Å². The van der Waals surface area contributed by atoms with Crippen molar-refractivity contribution in [3.05, 3.63) is 29.6 Å². The van der Waals surface area contributed by atoms with Gasteiger partial charge in [0, 0.05) is 17.7 Å². The lowest BCUT2D eigenvalue weighted by molar-refractivity contribution is 0.352. The number of methoxy groups -OCH3 is 1. The molecule has 3 heteroatoms. The molecule has 0 fully saturated rings. The average Bonchev–Trinajstić information content (AvgIpc) is 2.26. The third kappa shape index (κ3) is 4.65. The minimum atomic E-state index is -0.280. The molecule has 0 aliphatic rings. The Balaban J connectivity index is 2.59. The zero-order valence-corrected chi connectivity index (χ0v) is 11.8. The molecule has 2 nitrogen and oxygen atoms in total. The van der Waals surface area contributed by atoms with Crippen LogP contribution in [0.5, 0.6) is 5.75 Å². The summed E-state index contributed by atoms with van der Waals surface area (Å²) >= 11 is 0. The van der Waals surface area contributed by atoms with E-state index in [0.29, 0.717) is 16.7 Å². The Kier molecular flexibility index (Phi) is 5.15. The minimum Gasteiger partial charge on any atom is -0.497 e. The zero-order valence-electron chi connectivity index (χ0n) is 11.8. The summed E-state index contributed by atoms with van der Waals surface area (Å²) in [6.45, 7) is 6.60. The van der Waals surface area contributed by atoms with Crippen LogP contribution in [-0.2, 0) is 0 Å². The van der Waals surface area contributed by atoms with Gasteiger partial charge in [-0.3, -0.25) is 0 Å². The molecule has 18 heavy (non-hydrogen) atoms. The predicted octanol–water partition coefficient (Wildman–Crippen LogP) is 4.05. The summed E-state index contributed by atoms with van der Waals surface area (Å²) in [5, 5.41) is 0. The molecule has 1 atom stereocenters. The van der Waals surface area contributed by atoms with Gasteiger partial charge in [-0.1, -0.05) is 33.3 Å². The summed E-state index contributed by atoms with van der Waals surface area (Å²) in [5.41, 5.74) is 6.91. The summed E-state index contributed by atoms with van der Waals surface area (Å²) < 4.78 is 18.8. The van der Waals surface area contributed by atoms with Gasteiger partial charge >= 0.3 is 0 Å². The summed E-state index contributed by atoms with van der Waals surface area (Å²) in [6, 6.07) is 4.62. The molecule has 0 radical (unpaired) electrons. The van der Waals surface area contributed by atoms with E-state index in [-0.39, 0.29) is 11.9 Å². The molecule has 0 aromatic heterocycles. The van der Waals surface area contributed by atoms with Crippen molar-refractivity contribution in [3.63, 3.8) is 0 Å². The Labute approximate surface area is 109 Å². The maximum atomic E-state index is 13.8. The highest BCUT2D eigenvalue weighted by molar-refractivity contribution is 5.30. The van der Waals surface area contributed by atoms with E-state index in [2.05, 4.69) is 20.8 Å². The molecule has 0 spiro atoms. The van der Waals surface area contributed by atoms with E-state index in [1.165, 1.54) is 13.2 Å². The standard InChI is InChI=1S/C15H24FNO/c1-15(2,3)9-5-6-14(17)12-8-7-11(18-4)10-13(12)16/h7-8,10,14H,5-6,9,17H2,1-4H3. The maximum absolute atomic E-state index is 13.8. The molecule has 0 saturated carbocycles. The largest absolute Gasteiger partial charge is 0.497 e. The fourth-order valence-corrected chi connectivity index (χ4v) is 1.94. The van der Waals surface area contributed by atoms with Crippen molar-refractivity contribution in [2.75, 3.05) is 7.11 Å². The first-order chi connectivity index (χ1) is 8.33. The molecule has 0 heterocycles. The summed E-state index contributed by atoms with van der Waals surface area (Å²) in [5.74, 6) is 0.246.